The van der Waals surface area contributed by atoms with Gasteiger partial charge in [-0.3, -0.25) is 0 Å². The Labute approximate surface area is 104 Å². The standard InChI is InChI=1S/C11H6ClF6/c12-9-7(10(13,14)15)3-6(5-1-2-5)4-8(9)11(16,17)18/h3-4H,1-2H2. The monoisotopic (exact) mass is 287 g/mol. The summed E-state index contributed by atoms with van der Waals surface area (Å²) in [5, 5.41) is -1.29. The van der Waals surface area contributed by atoms with E-state index in [1.807, 2.05) is 0 Å². The van der Waals surface area contributed by atoms with Crippen molar-refractivity contribution < 1.29 is 26.3 Å². The second kappa shape index (κ2) is 4.05. The molecule has 0 saturated heterocycles. The molecule has 1 aliphatic carbocycles. The third kappa shape index (κ3) is 2.58. The van der Waals surface area contributed by atoms with Gasteiger partial charge in [-0.25, -0.2) is 0 Å². The van der Waals surface area contributed by atoms with Crippen LogP contribution in [0.3, 0.4) is 0 Å². The molecule has 0 heterocycles. The second-order valence-electron chi connectivity index (χ2n) is 3.98. The summed E-state index contributed by atoms with van der Waals surface area (Å²) >= 11 is 5.23. The van der Waals surface area contributed by atoms with Crippen molar-refractivity contribution in [1.29, 1.82) is 0 Å². The molecule has 18 heavy (non-hydrogen) atoms. The van der Waals surface area contributed by atoms with Gasteiger partial charge in [-0.1, -0.05) is 11.6 Å². The Hall–Kier alpha value is -0.910. The highest BCUT2D eigenvalue weighted by Crippen LogP contribution is 2.47. The molecule has 2 rings (SSSR count). The van der Waals surface area contributed by atoms with Gasteiger partial charge < -0.3 is 0 Å². The van der Waals surface area contributed by atoms with Gasteiger partial charge in [0, 0.05) is 5.92 Å². The number of alkyl halides is 6. The van der Waals surface area contributed by atoms with Crippen LogP contribution in [0.1, 0.15) is 29.5 Å². The first kappa shape index (κ1) is 13.5. The quantitative estimate of drug-likeness (QED) is 0.631. The van der Waals surface area contributed by atoms with E-state index < -0.39 is 28.5 Å². The molecule has 0 aromatic heterocycles. The highest BCUT2D eigenvalue weighted by molar-refractivity contribution is 6.32. The zero-order valence-electron chi connectivity index (χ0n) is 8.71. The normalized spacial score (nSPS) is 17.1. The van der Waals surface area contributed by atoms with E-state index >= 15 is 0 Å². The van der Waals surface area contributed by atoms with Gasteiger partial charge in [0.15, 0.2) is 0 Å². The Morgan fingerprint density at radius 1 is 0.833 bits per heavy atom. The maximum absolute atomic E-state index is 12.6. The fourth-order valence-electron chi connectivity index (χ4n) is 1.59. The summed E-state index contributed by atoms with van der Waals surface area (Å²) in [6.45, 7) is 0. The molecule has 99 valence electrons. The van der Waals surface area contributed by atoms with E-state index in [0.717, 1.165) is 0 Å². The van der Waals surface area contributed by atoms with Gasteiger partial charge in [-0.05, 0) is 30.5 Å². The van der Waals surface area contributed by atoms with E-state index in [4.69, 9.17) is 11.6 Å². The van der Waals surface area contributed by atoms with Gasteiger partial charge in [0.05, 0.1) is 16.1 Å². The number of benzene rings is 1. The summed E-state index contributed by atoms with van der Waals surface area (Å²) in [6, 6.07) is 1.36. The Morgan fingerprint density at radius 2 is 1.22 bits per heavy atom. The molecule has 0 atom stereocenters. The maximum atomic E-state index is 12.6. The maximum Gasteiger partial charge on any atom is 0.417 e. The summed E-state index contributed by atoms with van der Waals surface area (Å²) in [7, 11) is 0. The molecule has 1 saturated carbocycles. The van der Waals surface area contributed by atoms with E-state index in [0.29, 0.717) is 30.9 Å². The predicted molar refractivity (Wildman–Crippen MR) is 53.0 cm³/mol. The van der Waals surface area contributed by atoms with Crippen molar-refractivity contribution in [3.05, 3.63) is 39.8 Å². The van der Waals surface area contributed by atoms with Crippen LogP contribution in [0.5, 0.6) is 0 Å². The molecule has 0 amide bonds. The molecule has 0 N–H and O–H groups in total. The molecule has 0 nitrogen and oxygen atoms in total. The van der Waals surface area contributed by atoms with Crippen LogP contribution in [0, 0.1) is 5.92 Å². The van der Waals surface area contributed by atoms with E-state index in [-0.39, 0.29) is 5.56 Å². The molecule has 0 spiro atoms. The lowest BCUT2D eigenvalue weighted by Crippen LogP contribution is -2.13. The fourth-order valence-corrected chi connectivity index (χ4v) is 1.92. The SMILES string of the molecule is FC(F)(F)c1cc([C]2CC2)cc(C(F)(F)F)c1Cl. The first-order chi connectivity index (χ1) is 8.10. The lowest BCUT2D eigenvalue weighted by molar-refractivity contribution is -0.142. The van der Waals surface area contributed by atoms with Crippen molar-refractivity contribution in [3.8, 4) is 0 Å². The van der Waals surface area contributed by atoms with Crippen molar-refractivity contribution in [1.82, 2.24) is 0 Å². The molecular formula is C11H6ClF6. The van der Waals surface area contributed by atoms with Crippen LogP contribution < -0.4 is 0 Å². The van der Waals surface area contributed by atoms with Crippen molar-refractivity contribution in [2.24, 2.45) is 0 Å². The lowest BCUT2D eigenvalue weighted by Gasteiger charge is -2.16. The van der Waals surface area contributed by atoms with Crippen LogP contribution in [0.2, 0.25) is 5.02 Å². The van der Waals surface area contributed by atoms with Gasteiger partial charge in [0.25, 0.3) is 0 Å². The molecular weight excluding hydrogens is 282 g/mol. The molecule has 0 unspecified atom stereocenters. The van der Waals surface area contributed by atoms with E-state index in [1.54, 1.807) is 0 Å². The first-order valence-corrected chi connectivity index (χ1v) is 5.31. The van der Waals surface area contributed by atoms with Crippen molar-refractivity contribution in [2.45, 2.75) is 25.2 Å². The third-order valence-electron chi connectivity index (χ3n) is 2.59. The minimum Gasteiger partial charge on any atom is -0.166 e. The number of halogens is 7. The second-order valence-corrected chi connectivity index (χ2v) is 4.36. The van der Waals surface area contributed by atoms with E-state index in [2.05, 4.69) is 0 Å². The highest BCUT2D eigenvalue weighted by Gasteiger charge is 2.42. The van der Waals surface area contributed by atoms with Crippen LogP contribution in [-0.2, 0) is 12.4 Å². The Bertz CT molecular complexity index is 434. The summed E-state index contributed by atoms with van der Waals surface area (Å²) in [4.78, 5) is 0. The minimum absolute atomic E-state index is 0.0287. The topological polar surface area (TPSA) is 0 Å². The smallest absolute Gasteiger partial charge is 0.166 e. The number of hydrogen-bond donors (Lipinski definition) is 0. The highest BCUT2D eigenvalue weighted by atomic mass is 35.5. The Morgan fingerprint density at radius 3 is 1.50 bits per heavy atom. The average molecular weight is 288 g/mol. The summed E-state index contributed by atoms with van der Waals surface area (Å²) in [5.74, 6) is 0.586. The predicted octanol–water partition coefficient (Wildman–Crippen LogP) is 5.09. The summed E-state index contributed by atoms with van der Waals surface area (Å²) in [6.07, 6.45) is -8.75. The molecule has 0 aliphatic heterocycles. The number of hydrogen-bond acceptors (Lipinski definition) is 0. The molecule has 1 fully saturated rings. The van der Waals surface area contributed by atoms with Gasteiger partial charge in [0.2, 0.25) is 0 Å². The van der Waals surface area contributed by atoms with Gasteiger partial charge in [0.1, 0.15) is 0 Å². The average Bonchev–Trinajstić information content (AvgIpc) is 2.97. The lowest BCUT2D eigenvalue weighted by atomic mass is 10.0. The van der Waals surface area contributed by atoms with Crippen LogP contribution in [0.25, 0.3) is 0 Å². The zero-order chi connectivity index (χ0) is 13.7. The summed E-state index contributed by atoms with van der Waals surface area (Å²) in [5.41, 5.74) is -2.90. The van der Waals surface area contributed by atoms with Crippen LogP contribution in [-0.4, -0.2) is 0 Å². The Balaban J connectivity index is 2.63. The number of rotatable bonds is 1. The zero-order valence-corrected chi connectivity index (χ0v) is 9.47. The van der Waals surface area contributed by atoms with Gasteiger partial charge in [-0.2, -0.15) is 26.3 Å². The largest absolute Gasteiger partial charge is 0.417 e. The molecule has 1 aliphatic rings. The summed E-state index contributed by atoms with van der Waals surface area (Å²) < 4.78 is 75.7. The molecule has 1 aromatic rings. The van der Waals surface area contributed by atoms with Crippen molar-refractivity contribution in [3.63, 3.8) is 0 Å². The van der Waals surface area contributed by atoms with Gasteiger partial charge >= 0.3 is 12.4 Å². The molecule has 7 heteroatoms. The van der Waals surface area contributed by atoms with Crippen LogP contribution in [0.15, 0.2) is 12.1 Å². The Kier molecular flexibility index (Phi) is 3.04. The van der Waals surface area contributed by atoms with Gasteiger partial charge in [-0.15, -0.1) is 0 Å². The third-order valence-corrected chi connectivity index (χ3v) is 3.00. The minimum atomic E-state index is -4.90. The van der Waals surface area contributed by atoms with Crippen LogP contribution >= 0.6 is 11.6 Å². The van der Waals surface area contributed by atoms with Crippen molar-refractivity contribution >= 4 is 11.6 Å². The van der Waals surface area contributed by atoms with E-state index in [1.165, 1.54) is 0 Å². The first-order valence-electron chi connectivity index (χ1n) is 4.93. The molecule has 1 radical (unpaired) electrons. The van der Waals surface area contributed by atoms with E-state index in [9.17, 15) is 26.3 Å². The van der Waals surface area contributed by atoms with Crippen LogP contribution in [0.4, 0.5) is 26.3 Å². The molecule has 1 aromatic carbocycles. The van der Waals surface area contributed by atoms with Crippen molar-refractivity contribution in [2.75, 3.05) is 0 Å². The molecule has 0 bridgehead atoms. The fraction of sp³-hybridized carbons (Fsp3) is 0.364.